The molecule has 16 heavy (non-hydrogen) atoms. The van der Waals surface area contributed by atoms with Gasteiger partial charge in [0.05, 0.1) is 7.11 Å². The summed E-state index contributed by atoms with van der Waals surface area (Å²) in [5, 5.41) is 2.69. The average Bonchev–Trinajstić information content (AvgIpc) is 2.50. The van der Waals surface area contributed by atoms with Crippen LogP contribution in [-0.2, 0) is 11.3 Å². The first kappa shape index (κ1) is 12.6. The Morgan fingerprint density at radius 3 is 2.56 bits per heavy atom. The van der Waals surface area contributed by atoms with E-state index in [2.05, 4.69) is 48.4 Å². The van der Waals surface area contributed by atoms with E-state index < -0.39 is 6.09 Å². The van der Waals surface area contributed by atoms with Crippen LogP contribution in [0.15, 0.2) is 6.07 Å². The quantitative estimate of drug-likeness (QED) is 0.857. The van der Waals surface area contributed by atoms with Gasteiger partial charge in [0, 0.05) is 24.0 Å². The first-order valence-corrected chi connectivity index (χ1v) is 5.46. The molecule has 1 heterocycles. The van der Waals surface area contributed by atoms with Crippen molar-refractivity contribution >= 4 is 6.09 Å². The Balaban J connectivity index is 2.82. The third-order valence-electron chi connectivity index (χ3n) is 2.71. The van der Waals surface area contributed by atoms with Gasteiger partial charge in [-0.15, -0.1) is 0 Å². The summed E-state index contributed by atoms with van der Waals surface area (Å²) < 4.78 is 6.80. The van der Waals surface area contributed by atoms with Crippen molar-refractivity contribution in [2.75, 3.05) is 7.11 Å². The van der Waals surface area contributed by atoms with Crippen LogP contribution in [0.1, 0.15) is 36.8 Å². The number of amides is 1. The van der Waals surface area contributed by atoms with Crippen molar-refractivity contribution in [3.05, 3.63) is 23.0 Å². The Kier molecular flexibility index (Phi) is 3.99. The lowest BCUT2D eigenvalue weighted by Gasteiger charge is -2.13. The number of alkyl carbamates (subject to hydrolysis) is 1. The summed E-state index contributed by atoms with van der Waals surface area (Å²) in [6, 6.07) is 2.54. The van der Waals surface area contributed by atoms with Crippen LogP contribution in [0.4, 0.5) is 4.79 Å². The van der Waals surface area contributed by atoms with Gasteiger partial charge in [0.1, 0.15) is 0 Å². The van der Waals surface area contributed by atoms with Crippen molar-refractivity contribution in [3.63, 3.8) is 0 Å². The SMILES string of the molecule is COC(=O)NCc1cc(C)n(C(C)C)c1C. The molecule has 1 N–H and O–H groups in total. The van der Waals surface area contributed by atoms with Gasteiger partial charge >= 0.3 is 6.09 Å². The number of nitrogens with one attached hydrogen (secondary N) is 1. The molecule has 1 rings (SSSR count). The van der Waals surface area contributed by atoms with Crippen molar-refractivity contribution < 1.29 is 9.53 Å². The molecule has 0 aliphatic carbocycles. The van der Waals surface area contributed by atoms with Crippen molar-refractivity contribution in [1.82, 2.24) is 9.88 Å². The van der Waals surface area contributed by atoms with Crippen LogP contribution in [0.5, 0.6) is 0 Å². The molecule has 1 aromatic rings. The highest BCUT2D eigenvalue weighted by molar-refractivity contribution is 5.66. The smallest absolute Gasteiger partial charge is 0.407 e. The fourth-order valence-corrected chi connectivity index (χ4v) is 2.06. The van der Waals surface area contributed by atoms with Crippen molar-refractivity contribution in [3.8, 4) is 0 Å². The van der Waals surface area contributed by atoms with Crippen LogP contribution in [0, 0.1) is 13.8 Å². The highest BCUT2D eigenvalue weighted by atomic mass is 16.5. The third kappa shape index (κ3) is 2.56. The number of nitrogens with zero attached hydrogens (tertiary/aromatic N) is 1. The molecule has 0 aromatic carbocycles. The molecule has 0 atom stereocenters. The molecule has 0 aliphatic heterocycles. The van der Waals surface area contributed by atoms with E-state index in [0.29, 0.717) is 12.6 Å². The van der Waals surface area contributed by atoms with E-state index in [0.717, 1.165) is 5.56 Å². The zero-order chi connectivity index (χ0) is 12.3. The summed E-state index contributed by atoms with van der Waals surface area (Å²) in [4.78, 5) is 11.0. The van der Waals surface area contributed by atoms with E-state index in [9.17, 15) is 4.79 Å². The monoisotopic (exact) mass is 224 g/mol. The number of aryl methyl sites for hydroxylation is 1. The summed E-state index contributed by atoms with van der Waals surface area (Å²) in [6.07, 6.45) is -0.394. The van der Waals surface area contributed by atoms with Crippen LogP contribution in [0.25, 0.3) is 0 Å². The van der Waals surface area contributed by atoms with Gasteiger partial charge < -0.3 is 14.6 Å². The summed E-state index contributed by atoms with van der Waals surface area (Å²) in [6.45, 7) is 8.96. The van der Waals surface area contributed by atoms with Gasteiger partial charge in [-0.05, 0) is 39.3 Å². The van der Waals surface area contributed by atoms with Crippen LogP contribution >= 0.6 is 0 Å². The molecule has 4 heteroatoms. The molecule has 0 saturated carbocycles. The third-order valence-corrected chi connectivity index (χ3v) is 2.71. The molecule has 0 radical (unpaired) electrons. The molecule has 4 nitrogen and oxygen atoms in total. The second-order valence-corrected chi connectivity index (χ2v) is 4.21. The summed E-state index contributed by atoms with van der Waals surface area (Å²) in [7, 11) is 1.37. The van der Waals surface area contributed by atoms with Gasteiger partial charge in [0.25, 0.3) is 0 Å². The van der Waals surface area contributed by atoms with Crippen LogP contribution in [0.3, 0.4) is 0 Å². The standard InChI is InChI=1S/C12H20N2O2/c1-8(2)14-9(3)6-11(10(14)4)7-13-12(15)16-5/h6,8H,7H2,1-5H3,(H,13,15). The molecule has 0 unspecified atom stereocenters. The van der Waals surface area contributed by atoms with Crippen molar-refractivity contribution in [2.24, 2.45) is 0 Å². The van der Waals surface area contributed by atoms with Gasteiger partial charge in [-0.3, -0.25) is 0 Å². The molecule has 1 amide bonds. The molecule has 1 aromatic heterocycles. The van der Waals surface area contributed by atoms with E-state index in [1.54, 1.807) is 0 Å². The molecule has 90 valence electrons. The number of carbonyl (C=O) groups excluding carboxylic acids is 1. The van der Waals surface area contributed by atoms with Crippen LogP contribution in [0.2, 0.25) is 0 Å². The first-order chi connectivity index (χ1) is 7.47. The number of carbonyl (C=O) groups is 1. The highest BCUT2D eigenvalue weighted by Gasteiger charge is 2.11. The molecular weight excluding hydrogens is 204 g/mol. The number of hydrogen-bond donors (Lipinski definition) is 1. The molecular formula is C12H20N2O2. The topological polar surface area (TPSA) is 43.3 Å². The zero-order valence-electron chi connectivity index (χ0n) is 10.6. The van der Waals surface area contributed by atoms with Gasteiger partial charge in [0.15, 0.2) is 0 Å². The summed E-state index contributed by atoms with van der Waals surface area (Å²) >= 11 is 0. The predicted molar refractivity (Wildman–Crippen MR) is 63.5 cm³/mol. The second-order valence-electron chi connectivity index (χ2n) is 4.21. The Morgan fingerprint density at radius 1 is 1.50 bits per heavy atom. The largest absolute Gasteiger partial charge is 0.453 e. The summed E-state index contributed by atoms with van der Waals surface area (Å²) in [5.41, 5.74) is 3.55. The zero-order valence-corrected chi connectivity index (χ0v) is 10.6. The number of rotatable bonds is 3. The number of methoxy groups -OCH3 is 1. The lowest BCUT2D eigenvalue weighted by molar-refractivity contribution is 0.170. The maximum absolute atomic E-state index is 11.0. The van der Waals surface area contributed by atoms with E-state index >= 15 is 0 Å². The van der Waals surface area contributed by atoms with Crippen LogP contribution in [-0.4, -0.2) is 17.8 Å². The van der Waals surface area contributed by atoms with E-state index in [1.807, 2.05) is 0 Å². The normalized spacial score (nSPS) is 10.6. The number of hydrogen-bond acceptors (Lipinski definition) is 2. The molecule has 0 aliphatic rings. The maximum Gasteiger partial charge on any atom is 0.407 e. The Hall–Kier alpha value is -1.45. The molecule has 0 saturated heterocycles. The first-order valence-electron chi connectivity index (χ1n) is 5.46. The predicted octanol–water partition coefficient (Wildman–Crippen LogP) is 2.54. The fraction of sp³-hybridized carbons (Fsp3) is 0.583. The lowest BCUT2D eigenvalue weighted by Crippen LogP contribution is -2.22. The van der Waals surface area contributed by atoms with Gasteiger partial charge in [-0.1, -0.05) is 0 Å². The van der Waals surface area contributed by atoms with Crippen molar-refractivity contribution in [1.29, 1.82) is 0 Å². The van der Waals surface area contributed by atoms with E-state index in [1.165, 1.54) is 18.5 Å². The van der Waals surface area contributed by atoms with Gasteiger partial charge in [0.2, 0.25) is 0 Å². The van der Waals surface area contributed by atoms with Gasteiger partial charge in [-0.25, -0.2) is 4.79 Å². The second kappa shape index (κ2) is 5.05. The Morgan fingerprint density at radius 2 is 2.12 bits per heavy atom. The Labute approximate surface area is 96.6 Å². The minimum atomic E-state index is -0.394. The minimum absolute atomic E-state index is 0.394. The van der Waals surface area contributed by atoms with Gasteiger partial charge in [-0.2, -0.15) is 0 Å². The number of aromatic nitrogens is 1. The average molecular weight is 224 g/mol. The van der Waals surface area contributed by atoms with E-state index in [4.69, 9.17) is 0 Å². The molecule has 0 bridgehead atoms. The maximum atomic E-state index is 11.0. The number of ether oxygens (including phenoxy) is 1. The fourth-order valence-electron chi connectivity index (χ4n) is 2.06. The lowest BCUT2D eigenvalue weighted by atomic mass is 10.2. The Bertz CT molecular complexity index is 381. The van der Waals surface area contributed by atoms with E-state index in [-0.39, 0.29) is 0 Å². The van der Waals surface area contributed by atoms with Crippen molar-refractivity contribution in [2.45, 2.75) is 40.3 Å². The minimum Gasteiger partial charge on any atom is -0.453 e. The summed E-state index contributed by atoms with van der Waals surface area (Å²) in [5.74, 6) is 0. The molecule has 0 spiro atoms. The van der Waals surface area contributed by atoms with Crippen LogP contribution < -0.4 is 5.32 Å². The highest BCUT2D eigenvalue weighted by Crippen LogP contribution is 2.19. The molecule has 0 fully saturated rings.